The quantitative estimate of drug-likeness (QED) is 0.671. The summed E-state index contributed by atoms with van der Waals surface area (Å²) >= 11 is 1.92. The Morgan fingerprint density at radius 2 is 1.18 bits per heavy atom. The first-order chi connectivity index (χ1) is 13.8. The summed E-state index contributed by atoms with van der Waals surface area (Å²) in [5, 5.41) is 0. The minimum absolute atomic E-state index is 0.0552. The highest BCUT2D eigenvalue weighted by atomic mass is 32.2. The second-order valence-electron chi connectivity index (χ2n) is 7.00. The summed E-state index contributed by atoms with van der Waals surface area (Å²) in [6, 6.07) is 15.9. The molecule has 2 heterocycles. The van der Waals surface area contributed by atoms with Crippen LogP contribution in [0.5, 0.6) is 11.5 Å². The summed E-state index contributed by atoms with van der Waals surface area (Å²) in [5.74, 6) is 3.60. The van der Waals surface area contributed by atoms with E-state index in [-0.39, 0.29) is 24.4 Å². The van der Waals surface area contributed by atoms with Gasteiger partial charge in [0.1, 0.15) is 23.7 Å². The predicted octanol–water partition coefficient (Wildman–Crippen LogP) is 3.69. The lowest BCUT2D eigenvalue weighted by molar-refractivity contribution is -0.0742. The third-order valence-electron chi connectivity index (χ3n) is 5.17. The molecule has 4 rings (SSSR count). The zero-order chi connectivity index (χ0) is 19.3. The van der Waals surface area contributed by atoms with E-state index in [1.54, 1.807) is 14.2 Å². The molecular weight excluding hydrogens is 376 g/mol. The fourth-order valence-corrected chi connectivity index (χ4v) is 4.74. The summed E-state index contributed by atoms with van der Waals surface area (Å²) in [4.78, 5) is 0. The van der Waals surface area contributed by atoms with Crippen LogP contribution in [0.4, 0.5) is 0 Å². The molecule has 0 aromatic heterocycles. The molecule has 2 bridgehead atoms. The Morgan fingerprint density at radius 1 is 0.750 bits per heavy atom. The van der Waals surface area contributed by atoms with Crippen LogP contribution in [0.3, 0.4) is 0 Å². The van der Waals surface area contributed by atoms with Crippen LogP contribution in [0.25, 0.3) is 0 Å². The van der Waals surface area contributed by atoms with Gasteiger partial charge in [0.05, 0.1) is 39.6 Å². The fraction of sp³-hybridized carbons (Fsp3) is 0.455. The first kappa shape index (κ1) is 19.6. The van der Waals surface area contributed by atoms with Gasteiger partial charge in [-0.1, -0.05) is 24.3 Å². The molecule has 0 radical (unpaired) electrons. The lowest BCUT2D eigenvalue weighted by atomic mass is 10.1. The Morgan fingerprint density at radius 3 is 1.57 bits per heavy atom. The van der Waals surface area contributed by atoms with Crippen molar-refractivity contribution in [2.75, 3.05) is 25.7 Å². The van der Waals surface area contributed by atoms with Gasteiger partial charge < -0.3 is 23.7 Å². The topological polar surface area (TPSA) is 46.2 Å². The Bertz CT molecular complexity index is 685. The van der Waals surface area contributed by atoms with Gasteiger partial charge in [-0.2, -0.15) is 11.8 Å². The molecule has 0 unspecified atom stereocenters. The summed E-state index contributed by atoms with van der Waals surface area (Å²) in [7, 11) is 3.34. The van der Waals surface area contributed by atoms with Crippen LogP contribution in [0, 0.1) is 0 Å². The van der Waals surface area contributed by atoms with E-state index in [0.717, 1.165) is 34.1 Å². The lowest BCUT2D eigenvalue weighted by Gasteiger charge is -2.23. The molecule has 0 aliphatic carbocycles. The second-order valence-corrected chi connectivity index (χ2v) is 8.07. The number of ether oxygens (including phenoxy) is 5. The average molecular weight is 403 g/mol. The third-order valence-corrected chi connectivity index (χ3v) is 6.30. The second kappa shape index (κ2) is 9.18. The summed E-state index contributed by atoms with van der Waals surface area (Å²) in [6.07, 6.45) is 0.0615. The Kier molecular flexibility index (Phi) is 6.42. The van der Waals surface area contributed by atoms with Gasteiger partial charge in [0.2, 0.25) is 0 Å². The molecule has 0 spiro atoms. The van der Waals surface area contributed by atoms with Gasteiger partial charge in [-0.25, -0.2) is 0 Å². The van der Waals surface area contributed by atoms with Gasteiger partial charge >= 0.3 is 0 Å². The average Bonchev–Trinajstić information content (AvgIpc) is 2.99. The van der Waals surface area contributed by atoms with Gasteiger partial charge in [-0.15, -0.1) is 0 Å². The van der Waals surface area contributed by atoms with Crippen LogP contribution in [0.15, 0.2) is 48.5 Å². The van der Waals surface area contributed by atoms with Crippen LogP contribution in [-0.4, -0.2) is 50.1 Å². The molecule has 2 aromatic carbocycles. The third kappa shape index (κ3) is 4.46. The van der Waals surface area contributed by atoms with E-state index < -0.39 is 0 Å². The van der Waals surface area contributed by atoms with E-state index in [0.29, 0.717) is 13.2 Å². The molecule has 5 nitrogen and oxygen atoms in total. The van der Waals surface area contributed by atoms with Crippen molar-refractivity contribution in [2.24, 2.45) is 0 Å². The highest BCUT2D eigenvalue weighted by molar-refractivity contribution is 7.99. The van der Waals surface area contributed by atoms with E-state index in [4.69, 9.17) is 23.7 Å². The Hall–Kier alpha value is -1.73. The predicted molar refractivity (Wildman–Crippen MR) is 109 cm³/mol. The van der Waals surface area contributed by atoms with E-state index in [1.807, 2.05) is 60.3 Å². The standard InChI is InChI=1S/C22H26O5S/c1-23-17-7-3-15(4-8-17)11-25-21-19-13-28-14-20(27-19)22(21)26-12-16-5-9-18(24-2)10-6-16/h3-10,19-22H,11-14H2,1-2H3/t19-,20+,21-,22-/m1/s1. The molecule has 28 heavy (non-hydrogen) atoms. The van der Waals surface area contributed by atoms with Crippen LogP contribution in [0.2, 0.25) is 0 Å². The van der Waals surface area contributed by atoms with Crippen molar-refractivity contribution in [1.82, 2.24) is 0 Å². The molecule has 2 aliphatic heterocycles. The van der Waals surface area contributed by atoms with Gasteiger partial charge in [0.25, 0.3) is 0 Å². The smallest absolute Gasteiger partial charge is 0.118 e. The van der Waals surface area contributed by atoms with Crippen molar-refractivity contribution in [2.45, 2.75) is 37.6 Å². The zero-order valence-electron chi connectivity index (χ0n) is 16.2. The molecule has 150 valence electrons. The number of rotatable bonds is 8. The van der Waals surface area contributed by atoms with Crippen molar-refractivity contribution in [3.05, 3.63) is 59.7 Å². The SMILES string of the molecule is COc1ccc(CO[C@H]2[C@H](OCc3ccc(OC)cc3)[C@H]3CSC[C@@H]2O3)cc1. The van der Waals surface area contributed by atoms with Gasteiger partial charge in [0.15, 0.2) is 0 Å². The summed E-state index contributed by atoms with van der Waals surface area (Å²) in [6.45, 7) is 1.07. The normalized spacial score (nSPS) is 26.2. The minimum atomic E-state index is -0.0552. The largest absolute Gasteiger partial charge is 0.497 e. The molecule has 0 N–H and O–H groups in total. The molecular formula is C22H26O5S. The van der Waals surface area contributed by atoms with Crippen molar-refractivity contribution < 1.29 is 23.7 Å². The Labute approximate surface area is 170 Å². The summed E-state index contributed by atoms with van der Waals surface area (Å²) in [5.41, 5.74) is 2.23. The first-order valence-electron chi connectivity index (χ1n) is 9.49. The van der Waals surface area contributed by atoms with Gasteiger partial charge in [-0.05, 0) is 35.4 Å². The maximum Gasteiger partial charge on any atom is 0.118 e. The van der Waals surface area contributed by atoms with Crippen LogP contribution in [-0.2, 0) is 27.4 Å². The van der Waals surface area contributed by atoms with Crippen molar-refractivity contribution >= 4 is 11.8 Å². The van der Waals surface area contributed by atoms with Crippen LogP contribution < -0.4 is 9.47 Å². The number of benzene rings is 2. The number of hydrogen-bond acceptors (Lipinski definition) is 6. The molecule has 2 aromatic rings. The number of hydrogen-bond donors (Lipinski definition) is 0. The lowest BCUT2D eigenvalue weighted by Crippen LogP contribution is -2.37. The van der Waals surface area contributed by atoms with Crippen LogP contribution >= 0.6 is 11.8 Å². The van der Waals surface area contributed by atoms with E-state index >= 15 is 0 Å². The van der Waals surface area contributed by atoms with Crippen molar-refractivity contribution in [1.29, 1.82) is 0 Å². The molecule has 4 atom stereocenters. The number of fused-ring (bicyclic) bond motifs is 2. The number of methoxy groups -OCH3 is 2. The minimum Gasteiger partial charge on any atom is -0.497 e. The van der Waals surface area contributed by atoms with Crippen molar-refractivity contribution in [3.8, 4) is 11.5 Å². The van der Waals surface area contributed by atoms with Gasteiger partial charge in [0, 0.05) is 11.5 Å². The maximum atomic E-state index is 6.29. The van der Waals surface area contributed by atoms with E-state index in [2.05, 4.69) is 0 Å². The van der Waals surface area contributed by atoms with E-state index in [1.165, 1.54) is 0 Å². The molecule has 2 saturated heterocycles. The molecule has 2 fully saturated rings. The summed E-state index contributed by atoms with van der Waals surface area (Å²) < 4.78 is 29.2. The highest BCUT2D eigenvalue weighted by Gasteiger charge is 2.48. The zero-order valence-corrected chi connectivity index (χ0v) is 17.0. The van der Waals surface area contributed by atoms with E-state index in [9.17, 15) is 0 Å². The van der Waals surface area contributed by atoms with Crippen molar-refractivity contribution in [3.63, 3.8) is 0 Å². The first-order valence-corrected chi connectivity index (χ1v) is 10.6. The molecule has 6 heteroatoms. The fourth-order valence-electron chi connectivity index (χ4n) is 3.60. The molecule has 0 saturated carbocycles. The van der Waals surface area contributed by atoms with Gasteiger partial charge in [-0.3, -0.25) is 0 Å². The molecule has 2 aliphatic rings. The van der Waals surface area contributed by atoms with Crippen LogP contribution in [0.1, 0.15) is 11.1 Å². The number of thioether (sulfide) groups is 1. The maximum absolute atomic E-state index is 6.29. The Balaban J connectivity index is 1.38. The highest BCUT2D eigenvalue weighted by Crippen LogP contribution is 2.36. The molecule has 0 amide bonds. The monoisotopic (exact) mass is 402 g/mol.